The third-order valence-corrected chi connectivity index (χ3v) is 9.51. The lowest BCUT2D eigenvalue weighted by atomic mass is 10.2. The summed E-state index contributed by atoms with van der Waals surface area (Å²) < 4.78 is 39.1. The molecule has 3 aromatic rings. The van der Waals surface area contributed by atoms with Crippen LogP contribution in [0.2, 0.25) is 0 Å². The lowest BCUT2D eigenvalue weighted by Crippen LogP contribution is -3.00. The Hall–Kier alpha value is -2.97. The van der Waals surface area contributed by atoms with Crippen LogP contribution in [0.5, 0.6) is 5.75 Å². The number of carbonyl (C=O) groups excluding carboxylic acids is 2. The van der Waals surface area contributed by atoms with Crippen molar-refractivity contribution in [1.82, 2.24) is 19.1 Å². The van der Waals surface area contributed by atoms with E-state index in [1.807, 2.05) is 32.3 Å². The summed E-state index contributed by atoms with van der Waals surface area (Å²) in [4.78, 5) is 35.6. The first-order valence-corrected chi connectivity index (χ1v) is 15.3. The van der Waals surface area contributed by atoms with E-state index in [0.717, 1.165) is 23.2 Å². The molecule has 1 saturated heterocycles. The Morgan fingerprint density at radius 3 is 2.32 bits per heavy atom. The van der Waals surface area contributed by atoms with Crippen molar-refractivity contribution in [1.29, 1.82) is 0 Å². The number of hydrogen-bond acceptors (Lipinski definition) is 9. The number of halogens is 1. The third kappa shape index (κ3) is 7.66. The van der Waals surface area contributed by atoms with E-state index >= 15 is 0 Å². The van der Waals surface area contributed by atoms with Crippen molar-refractivity contribution < 1.29 is 39.9 Å². The number of anilines is 1. The molecule has 1 aromatic heterocycles. The van der Waals surface area contributed by atoms with Gasteiger partial charge in [0, 0.05) is 38.3 Å². The Bertz CT molecular complexity index is 1440. The number of methoxy groups -OCH3 is 1. The van der Waals surface area contributed by atoms with Gasteiger partial charge in [-0.05, 0) is 76.4 Å². The van der Waals surface area contributed by atoms with Crippen LogP contribution in [0.3, 0.4) is 0 Å². The van der Waals surface area contributed by atoms with Crippen LogP contribution in [0.25, 0.3) is 10.2 Å². The highest BCUT2D eigenvalue weighted by atomic mass is 35.5. The SMILES string of the molecule is CCOC(=O)N1CCN(S(=O)(=O)c2ccc(C(=O)N(CCCN(C)C)c3nc4ccc(OC)cc4s3)cc2)CC1.[Cl-]. The van der Waals surface area contributed by atoms with Crippen molar-refractivity contribution >= 4 is 48.7 Å². The second kappa shape index (κ2) is 14.3. The van der Waals surface area contributed by atoms with Gasteiger partial charge in [0.25, 0.3) is 5.91 Å². The van der Waals surface area contributed by atoms with E-state index in [0.29, 0.717) is 23.0 Å². The van der Waals surface area contributed by atoms with E-state index in [1.54, 1.807) is 31.1 Å². The van der Waals surface area contributed by atoms with Gasteiger partial charge in [-0.2, -0.15) is 4.31 Å². The number of hydrogen-bond donors (Lipinski definition) is 0. The molecule has 41 heavy (non-hydrogen) atoms. The molecule has 2 aromatic carbocycles. The fraction of sp³-hybridized carbons (Fsp3) is 0.444. The summed E-state index contributed by atoms with van der Waals surface area (Å²) >= 11 is 1.41. The lowest BCUT2D eigenvalue weighted by Gasteiger charge is -2.33. The minimum atomic E-state index is -3.78. The minimum Gasteiger partial charge on any atom is -1.00 e. The molecule has 4 rings (SSSR count). The standard InChI is InChI=1S/C27H35N5O6S2.ClH/c1-5-38-27(34)30-15-17-31(18-16-30)40(35,36)22-10-7-20(8-11-22)25(33)32(14-6-13-29(2)3)26-28-23-12-9-21(37-4)19-24(23)39-26;/h7-12,19H,5-6,13-18H2,1-4H3;1H/p-1. The van der Waals surface area contributed by atoms with Crippen molar-refractivity contribution in [3.8, 4) is 5.75 Å². The van der Waals surface area contributed by atoms with E-state index in [-0.39, 0.29) is 56.0 Å². The number of thiazole rings is 1. The zero-order valence-electron chi connectivity index (χ0n) is 23.6. The maximum atomic E-state index is 13.7. The summed E-state index contributed by atoms with van der Waals surface area (Å²) in [7, 11) is 1.78. The molecule has 2 heterocycles. The summed E-state index contributed by atoms with van der Waals surface area (Å²) in [6, 6.07) is 11.6. The van der Waals surface area contributed by atoms with Crippen LogP contribution in [-0.4, -0.2) is 107 Å². The van der Waals surface area contributed by atoms with E-state index in [1.165, 1.54) is 32.7 Å². The smallest absolute Gasteiger partial charge is 0.409 e. The van der Waals surface area contributed by atoms with Gasteiger partial charge in [-0.3, -0.25) is 9.69 Å². The molecule has 0 bridgehead atoms. The van der Waals surface area contributed by atoms with Crippen LogP contribution in [0.4, 0.5) is 9.93 Å². The highest BCUT2D eigenvalue weighted by Gasteiger charge is 2.31. The Morgan fingerprint density at radius 1 is 1.02 bits per heavy atom. The van der Waals surface area contributed by atoms with Crippen LogP contribution in [0, 0.1) is 0 Å². The molecule has 11 nitrogen and oxygen atoms in total. The van der Waals surface area contributed by atoms with Gasteiger partial charge < -0.3 is 31.7 Å². The largest absolute Gasteiger partial charge is 1.00 e. The second-order valence-electron chi connectivity index (χ2n) is 9.56. The number of aromatic nitrogens is 1. The fourth-order valence-electron chi connectivity index (χ4n) is 4.36. The van der Waals surface area contributed by atoms with Crippen molar-refractivity contribution in [3.63, 3.8) is 0 Å². The highest BCUT2D eigenvalue weighted by Crippen LogP contribution is 2.32. The van der Waals surface area contributed by atoms with Gasteiger partial charge in [-0.15, -0.1) is 0 Å². The molecule has 0 radical (unpaired) electrons. The maximum Gasteiger partial charge on any atom is 0.409 e. The molecule has 0 spiro atoms. The van der Waals surface area contributed by atoms with E-state index < -0.39 is 16.1 Å². The van der Waals surface area contributed by atoms with Crippen molar-refractivity contribution in [3.05, 3.63) is 48.0 Å². The molecule has 0 unspecified atom stereocenters. The summed E-state index contributed by atoms with van der Waals surface area (Å²) in [6.45, 7) is 4.10. The molecule has 224 valence electrons. The average molecular weight is 625 g/mol. The van der Waals surface area contributed by atoms with Gasteiger partial charge in [-0.1, -0.05) is 11.3 Å². The first-order chi connectivity index (χ1) is 19.1. The predicted molar refractivity (Wildman–Crippen MR) is 155 cm³/mol. The maximum absolute atomic E-state index is 13.7. The van der Waals surface area contributed by atoms with Crippen LogP contribution >= 0.6 is 11.3 Å². The number of benzene rings is 2. The molecule has 14 heteroatoms. The summed E-state index contributed by atoms with van der Waals surface area (Å²) in [6.07, 6.45) is 0.298. The number of piperazine rings is 1. The van der Waals surface area contributed by atoms with E-state index in [2.05, 4.69) is 4.90 Å². The number of amides is 2. The molecule has 0 atom stereocenters. The summed E-state index contributed by atoms with van der Waals surface area (Å²) in [5, 5.41) is 0.572. The topological polar surface area (TPSA) is 113 Å². The quantitative estimate of drug-likeness (QED) is 0.318. The van der Waals surface area contributed by atoms with Gasteiger partial charge in [0.2, 0.25) is 10.0 Å². The van der Waals surface area contributed by atoms with Gasteiger partial charge in [-0.25, -0.2) is 18.2 Å². The van der Waals surface area contributed by atoms with Crippen LogP contribution in [0.1, 0.15) is 23.7 Å². The number of ether oxygens (including phenoxy) is 2. The zero-order chi connectivity index (χ0) is 28.9. The normalized spacial score (nSPS) is 14.1. The van der Waals surface area contributed by atoms with Crippen LogP contribution in [-0.2, 0) is 14.8 Å². The molecular weight excluding hydrogens is 590 g/mol. The Morgan fingerprint density at radius 2 is 1.71 bits per heavy atom. The Kier molecular flexibility index (Phi) is 11.3. The number of nitrogens with zero attached hydrogens (tertiary/aromatic N) is 5. The fourth-order valence-corrected chi connectivity index (χ4v) is 6.81. The average Bonchev–Trinajstić information content (AvgIpc) is 3.38. The molecule has 0 saturated carbocycles. The molecule has 1 fully saturated rings. The van der Waals surface area contributed by atoms with Crippen LogP contribution in [0.15, 0.2) is 47.4 Å². The summed E-state index contributed by atoms with van der Waals surface area (Å²) in [5.41, 5.74) is 1.14. The number of sulfonamides is 1. The van der Waals surface area contributed by atoms with Crippen molar-refractivity contribution in [2.75, 3.05) is 72.0 Å². The number of fused-ring (bicyclic) bond motifs is 1. The van der Waals surface area contributed by atoms with Gasteiger partial charge in [0.05, 0.1) is 28.8 Å². The van der Waals surface area contributed by atoms with Crippen molar-refractivity contribution in [2.24, 2.45) is 0 Å². The number of carbonyl (C=O) groups is 2. The molecule has 0 aliphatic carbocycles. The third-order valence-electron chi connectivity index (χ3n) is 6.55. The first kappa shape index (κ1) is 32.5. The monoisotopic (exact) mass is 624 g/mol. The molecule has 1 aliphatic rings. The molecule has 2 amide bonds. The van der Waals surface area contributed by atoms with Gasteiger partial charge in [0.15, 0.2) is 5.13 Å². The predicted octanol–water partition coefficient (Wildman–Crippen LogP) is 0.370. The minimum absolute atomic E-state index is 0. The van der Waals surface area contributed by atoms with Crippen molar-refractivity contribution in [2.45, 2.75) is 18.2 Å². The second-order valence-corrected chi connectivity index (χ2v) is 12.5. The van der Waals surface area contributed by atoms with E-state index in [4.69, 9.17) is 14.5 Å². The summed E-state index contributed by atoms with van der Waals surface area (Å²) in [5.74, 6) is 0.462. The van der Waals surface area contributed by atoms with Crippen LogP contribution < -0.4 is 22.0 Å². The zero-order valence-corrected chi connectivity index (χ0v) is 26.0. The lowest BCUT2D eigenvalue weighted by molar-refractivity contribution is -0.0000256. The van der Waals surface area contributed by atoms with E-state index in [9.17, 15) is 18.0 Å². The molecule has 1 aliphatic heterocycles. The molecular formula is C27H35ClN5O6S2-. The molecule has 0 N–H and O–H groups in total. The van der Waals surface area contributed by atoms with Gasteiger partial charge >= 0.3 is 6.09 Å². The highest BCUT2D eigenvalue weighted by molar-refractivity contribution is 7.89. The first-order valence-electron chi connectivity index (χ1n) is 13.1. The van der Waals surface area contributed by atoms with Gasteiger partial charge in [0.1, 0.15) is 5.75 Å². The Balaban J connectivity index is 0.00000462. The Labute approximate surface area is 251 Å². The number of rotatable bonds is 10.